The lowest BCUT2D eigenvalue weighted by molar-refractivity contribution is -0.156. The fourth-order valence-corrected chi connectivity index (χ4v) is 2.72. The molecule has 0 aliphatic carbocycles. The van der Waals surface area contributed by atoms with Gasteiger partial charge in [-0.2, -0.15) is 0 Å². The predicted molar refractivity (Wildman–Crippen MR) is 97.8 cm³/mol. The number of esters is 1. The van der Waals surface area contributed by atoms with Crippen molar-refractivity contribution in [1.29, 1.82) is 0 Å². The molecule has 0 spiro atoms. The number of nitrogens with zero attached hydrogens (tertiary/aromatic N) is 1. The van der Waals surface area contributed by atoms with E-state index >= 15 is 0 Å². The van der Waals surface area contributed by atoms with Crippen molar-refractivity contribution in [3.8, 4) is 0 Å². The Morgan fingerprint density at radius 1 is 1.33 bits per heavy atom. The Kier molecular flexibility index (Phi) is 6.43. The number of rotatable bonds is 7. The van der Waals surface area contributed by atoms with Gasteiger partial charge in [-0.05, 0) is 31.9 Å². The number of hydrogen-bond acceptors (Lipinski definition) is 5. The lowest BCUT2D eigenvalue weighted by atomic mass is 9.99. The van der Waals surface area contributed by atoms with Gasteiger partial charge in [-0.15, -0.1) is 0 Å². The molecule has 1 aromatic rings. The zero-order chi connectivity index (χ0) is 20.2. The lowest BCUT2D eigenvalue weighted by Gasteiger charge is -2.19. The van der Waals surface area contributed by atoms with Crippen LogP contribution < -0.4 is 10.6 Å². The maximum absolute atomic E-state index is 12.3. The fraction of sp³-hybridized carbons (Fsp3) is 0.444. The van der Waals surface area contributed by atoms with Gasteiger partial charge >= 0.3 is 12.0 Å². The van der Waals surface area contributed by atoms with Crippen molar-refractivity contribution in [2.45, 2.75) is 45.4 Å². The summed E-state index contributed by atoms with van der Waals surface area (Å²) < 4.78 is 5.03. The molecule has 0 saturated carbocycles. The van der Waals surface area contributed by atoms with E-state index in [1.807, 2.05) is 0 Å². The number of carbonyl (C=O) groups is 4. The second-order valence-electron chi connectivity index (χ2n) is 6.45. The number of benzene rings is 1. The van der Waals surface area contributed by atoms with Gasteiger partial charge in [0.1, 0.15) is 12.1 Å². The average Bonchev–Trinajstić information content (AvgIpc) is 2.84. The van der Waals surface area contributed by atoms with Gasteiger partial charge in [-0.1, -0.05) is 36.7 Å². The molecule has 27 heavy (non-hydrogen) atoms. The van der Waals surface area contributed by atoms with Gasteiger partial charge in [-0.3, -0.25) is 19.3 Å². The molecule has 0 aromatic heterocycles. The van der Waals surface area contributed by atoms with E-state index in [-0.39, 0.29) is 6.54 Å². The molecule has 0 bridgehead atoms. The van der Waals surface area contributed by atoms with E-state index in [1.54, 1.807) is 38.1 Å². The summed E-state index contributed by atoms with van der Waals surface area (Å²) in [6.07, 6.45) is -0.692. The Hall–Kier alpha value is -2.61. The van der Waals surface area contributed by atoms with Crippen molar-refractivity contribution in [3.63, 3.8) is 0 Å². The van der Waals surface area contributed by atoms with Crippen LogP contribution in [0.4, 0.5) is 4.79 Å². The Morgan fingerprint density at radius 2 is 2.00 bits per heavy atom. The fourth-order valence-electron chi connectivity index (χ4n) is 2.52. The summed E-state index contributed by atoms with van der Waals surface area (Å²) in [6.45, 7) is 4.38. The Balaban J connectivity index is 1.86. The van der Waals surface area contributed by atoms with Crippen molar-refractivity contribution in [3.05, 3.63) is 34.9 Å². The molecule has 1 aliphatic heterocycles. The molecule has 146 valence electrons. The predicted octanol–water partition coefficient (Wildman–Crippen LogP) is 1.61. The molecule has 1 fully saturated rings. The number of amides is 4. The number of halogens is 1. The van der Waals surface area contributed by atoms with Gasteiger partial charge in [0.05, 0.1) is 0 Å². The zero-order valence-electron chi connectivity index (χ0n) is 15.4. The summed E-state index contributed by atoms with van der Waals surface area (Å²) in [4.78, 5) is 49.1. The average molecular weight is 396 g/mol. The van der Waals surface area contributed by atoms with E-state index in [0.29, 0.717) is 11.4 Å². The first-order chi connectivity index (χ1) is 12.7. The minimum Gasteiger partial charge on any atom is -0.451 e. The summed E-state index contributed by atoms with van der Waals surface area (Å²) in [5, 5.41) is 5.67. The van der Waals surface area contributed by atoms with Crippen LogP contribution in [0.25, 0.3) is 0 Å². The number of hydrogen-bond donors (Lipinski definition) is 2. The summed E-state index contributed by atoms with van der Waals surface area (Å²) in [6, 6.07) is 6.38. The van der Waals surface area contributed by atoms with E-state index in [0.717, 1.165) is 10.5 Å². The number of urea groups is 1. The number of ether oxygens (including phenoxy) is 1. The van der Waals surface area contributed by atoms with Crippen molar-refractivity contribution in [2.24, 2.45) is 0 Å². The van der Waals surface area contributed by atoms with Crippen LogP contribution >= 0.6 is 11.6 Å². The molecule has 1 aromatic carbocycles. The topological polar surface area (TPSA) is 105 Å². The van der Waals surface area contributed by atoms with E-state index < -0.39 is 42.0 Å². The quantitative estimate of drug-likeness (QED) is 0.539. The molecule has 2 rings (SSSR count). The summed E-state index contributed by atoms with van der Waals surface area (Å²) in [7, 11) is 0. The van der Waals surface area contributed by atoms with E-state index in [4.69, 9.17) is 16.3 Å². The molecule has 1 aliphatic rings. The van der Waals surface area contributed by atoms with Crippen LogP contribution in [0.2, 0.25) is 5.02 Å². The van der Waals surface area contributed by atoms with E-state index in [9.17, 15) is 19.2 Å². The first kappa shape index (κ1) is 20.7. The maximum Gasteiger partial charge on any atom is 0.327 e. The van der Waals surface area contributed by atoms with Crippen LogP contribution in [0.1, 0.15) is 32.8 Å². The third-order valence-corrected chi connectivity index (χ3v) is 4.80. The van der Waals surface area contributed by atoms with E-state index in [2.05, 4.69) is 10.6 Å². The SMILES string of the molecule is CC[C@@]1(C)NC(=O)N(CC(=O)O[C@@H](C)C(=O)NCc2ccccc2Cl)C1=O. The van der Waals surface area contributed by atoms with E-state index in [1.165, 1.54) is 6.92 Å². The summed E-state index contributed by atoms with van der Waals surface area (Å²) in [5.74, 6) is -1.86. The number of imide groups is 1. The Bertz CT molecular complexity index is 769. The molecule has 2 atom stereocenters. The van der Waals surface area contributed by atoms with Crippen molar-refractivity contribution >= 4 is 35.4 Å². The monoisotopic (exact) mass is 395 g/mol. The number of carbonyl (C=O) groups excluding carboxylic acids is 4. The lowest BCUT2D eigenvalue weighted by Crippen LogP contribution is -2.44. The first-order valence-corrected chi connectivity index (χ1v) is 8.90. The smallest absolute Gasteiger partial charge is 0.327 e. The summed E-state index contributed by atoms with van der Waals surface area (Å²) in [5.41, 5.74) is -0.306. The third-order valence-electron chi connectivity index (χ3n) is 4.43. The molecule has 2 N–H and O–H groups in total. The maximum atomic E-state index is 12.3. The van der Waals surface area contributed by atoms with Gasteiger partial charge in [0, 0.05) is 11.6 Å². The molecule has 0 radical (unpaired) electrons. The minimum absolute atomic E-state index is 0.183. The molecular formula is C18H22ClN3O5. The van der Waals surface area contributed by atoms with Gasteiger partial charge < -0.3 is 15.4 Å². The van der Waals surface area contributed by atoms with Crippen LogP contribution in [0.3, 0.4) is 0 Å². The molecule has 1 saturated heterocycles. The molecule has 1 heterocycles. The van der Waals surface area contributed by atoms with Gasteiger partial charge in [0.15, 0.2) is 6.10 Å². The summed E-state index contributed by atoms with van der Waals surface area (Å²) >= 11 is 6.02. The molecule has 0 unspecified atom stereocenters. The van der Waals surface area contributed by atoms with Gasteiger partial charge in [0.2, 0.25) is 0 Å². The van der Waals surface area contributed by atoms with Crippen molar-refractivity contribution in [2.75, 3.05) is 6.54 Å². The highest BCUT2D eigenvalue weighted by Gasteiger charge is 2.47. The zero-order valence-corrected chi connectivity index (χ0v) is 16.1. The molecule has 9 heteroatoms. The van der Waals surface area contributed by atoms with Crippen molar-refractivity contribution in [1.82, 2.24) is 15.5 Å². The Morgan fingerprint density at radius 3 is 2.59 bits per heavy atom. The molecule has 4 amide bonds. The van der Waals surface area contributed by atoms with Crippen LogP contribution in [-0.2, 0) is 25.7 Å². The van der Waals surface area contributed by atoms with Crippen LogP contribution in [0.5, 0.6) is 0 Å². The minimum atomic E-state index is -1.08. The van der Waals surface area contributed by atoms with Gasteiger partial charge in [-0.25, -0.2) is 4.79 Å². The second-order valence-corrected chi connectivity index (χ2v) is 6.86. The van der Waals surface area contributed by atoms with Crippen LogP contribution in [-0.4, -0.2) is 46.9 Å². The second kappa shape index (κ2) is 8.39. The molecule has 8 nitrogen and oxygen atoms in total. The number of nitrogens with one attached hydrogen (secondary N) is 2. The van der Waals surface area contributed by atoms with Gasteiger partial charge in [0.25, 0.3) is 11.8 Å². The Labute approximate surface area is 162 Å². The van der Waals surface area contributed by atoms with Crippen LogP contribution in [0, 0.1) is 0 Å². The largest absolute Gasteiger partial charge is 0.451 e. The normalized spacial score (nSPS) is 20.2. The first-order valence-electron chi connectivity index (χ1n) is 8.52. The third kappa shape index (κ3) is 4.77. The highest BCUT2D eigenvalue weighted by molar-refractivity contribution is 6.31. The van der Waals surface area contributed by atoms with Crippen LogP contribution in [0.15, 0.2) is 24.3 Å². The standard InChI is InChI=1S/C18H22ClN3O5/c1-4-18(3)16(25)22(17(26)21-18)10-14(23)27-11(2)15(24)20-9-12-7-5-6-8-13(12)19/h5-8,11H,4,9-10H2,1-3H3,(H,20,24)(H,21,26)/t11-,18+/m0/s1. The molecular weight excluding hydrogens is 374 g/mol. The highest BCUT2D eigenvalue weighted by atomic mass is 35.5. The van der Waals surface area contributed by atoms with Crippen molar-refractivity contribution < 1.29 is 23.9 Å². The highest BCUT2D eigenvalue weighted by Crippen LogP contribution is 2.20.